The highest BCUT2D eigenvalue weighted by molar-refractivity contribution is 5.76. The Morgan fingerprint density at radius 2 is 2.15 bits per heavy atom. The van der Waals surface area contributed by atoms with Gasteiger partial charge in [0.25, 0.3) is 0 Å². The minimum absolute atomic E-state index is 0.109. The molecule has 2 aromatic heterocycles. The number of fused-ring (bicyclic) bond motifs is 1. The SMILES string of the molecule is Cc1cc(C)n(CCC(=O)NC2CCCC(c3nc4ccccc4[nH]3)C2)n1. The molecule has 6 heteroatoms. The van der Waals surface area contributed by atoms with Gasteiger partial charge in [-0.1, -0.05) is 18.6 Å². The maximum Gasteiger partial charge on any atom is 0.222 e. The minimum Gasteiger partial charge on any atom is -0.353 e. The van der Waals surface area contributed by atoms with Crippen molar-refractivity contribution in [2.75, 3.05) is 0 Å². The molecule has 1 aliphatic carbocycles. The van der Waals surface area contributed by atoms with Gasteiger partial charge in [0, 0.05) is 30.6 Å². The summed E-state index contributed by atoms with van der Waals surface area (Å²) in [5.41, 5.74) is 4.20. The van der Waals surface area contributed by atoms with Crippen LogP contribution in [0.4, 0.5) is 0 Å². The number of benzene rings is 1. The topological polar surface area (TPSA) is 75.6 Å². The van der Waals surface area contributed by atoms with Crippen LogP contribution in [0.5, 0.6) is 0 Å². The molecule has 0 bridgehead atoms. The van der Waals surface area contributed by atoms with Gasteiger partial charge in [-0.2, -0.15) is 5.10 Å². The zero-order valence-corrected chi connectivity index (χ0v) is 16.0. The number of aromatic amines is 1. The Bertz CT molecular complexity index is 908. The molecule has 1 saturated carbocycles. The maximum atomic E-state index is 12.4. The number of H-pyrrole nitrogens is 1. The molecule has 1 amide bonds. The van der Waals surface area contributed by atoms with E-state index >= 15 is 0 Å². The van der Waals surface area contributed by atoms with E-state index in [1.54, 1.807) is 0 Å². The quantitative estimate of drug-likeness (QED) is 0.725. The molecule has 2 unspecified atom stereocenters. The number of nitrogens with one attached hydrogen (secondary N) is 2. The number of aromatic nitrogens is 4. The van der Waals surface area contributed by atoms with E-state index in [4.69, 9.17) is 4.98 Å². The predicted octanol–water partition coefficient (Wildman–Crippen LogP) is 3.61. The lowest BCUT2D eigenvalue weighted by atomic mass is 9.85. The molecule has 6 nitrogen and oxygen atoms in total. The van der Waals surface area contributed by atoms with Gasteiger partial charge in [-0.15, -0.1) is 0 Å². The average Bonchev–Trinajstić information content (AvgIpc) is 3.22. The van der Waals surface area contributed by atoms with E-state index in [1.165, 1.54) is 0 Å². The summed E-state index contributed by atoms with van der Waals surface area (Å²) in [5.74, 6) is 1.54. The third-order valence-corrected chi connectivity index (χ3v) is 5.49. The number of amides is 1. The zero-order chi connectivity index (χ0) is 18.8. The van der Waals surface area contributed by atoms with Gasteiger partial charge >= 0.3 is 0 Å². The molecule has 2 atom stereocenters. The number of aryl methyl sites for hydroxylation is 3. The fourth-order valence-electron chi connectivity index (χ4n) is 4.14. The molecule has 3 aromatic rings. The van der Waals surface area contributed by atoms with Crippen molar-refractivity contribution in [3.63, 3.8) is 0 Å². The second kappa shape index (κ2) is 7.55. The van der Waals surface area contributed by atoms with Crippen LogP contribution >= 0.6 is 0 Å². The van der Waals surface area contributed by atoms with Crippen molar-refractivity contribution < 1.29 is 4.79 Å². The molecule has 0 saturated heterocycles. The van der Waals surface area contributed by atoms with Crippen LogP contribution < -0.4 is 5.32 Å². The third-order valence-electron chi connectivity index (χ3n) is 5.49. The number of nitrogens with zero attached hydrogens (tertiary/aromatic N) is 3. The van der Waals surface area contributed by atoms with Crippen molar-refractivity contribution in [1.82, 2.24) is 25.1 Å². The van der Waals surface area contributed by atoms with E-state index < -0.39 is 0 Å². The number of hydrogen-bond donors (Lipinski definition) is 2. The summed E-state index contributed by atoms with van der Waals surface area (Å²) in [7, 11) is 0. The summed E-state index contributed by atoms with van der Waals surface area (Å²) in [6, 6.07) is 10.4. The number of carbonyl (C=O) groups is 1. The summed E-state index contributed by atoms with van der Waals surface area (Å²) in [6.07, 6.45) is 4.70. The maximum absolute atomic E-state index is 12.4. The highest BCUT2D eigenvalue weighted by Gasteiger charge is 2.26. The van der Waals surface area contributed by atoms with Gasteiger partial charge in [-0.3, -0.25) is 9.48 Å². The average molecular weight is 365 g/mol. The highest BCUT2D eigenvalue weighted by Crippen LogP contribution is 2.32. The molecule has 2 heterocycles. The molecular formula is C21H27N5O. The molecule has 1 aromatic carbocycles. The van der Waals surface area contributed by atoms with Gasteiger partial charge in [0.15, 0.2) is 0 Å². The summed E-state index contributed by atoms with van der Waals surface area (Å²) >= 11 is 0. The van der Waals surface area contributed by atoms with Crippen LogP contribution in [-0.2, 0) is 11.3 Å². The Morgan fingerprint density at radius 1 is 1.30 bits per heavy atom. The summed E-state index contributed by atoms with van der Waals surface area (Å²) in [6.45, 7) is 4.63. The largest absolute Gasteiger partial charge is 0.353 e. The fourth-order valence-corrected chi connectivity index (χ4v) is 4.14. The second-order valence-electron chi connectivity index (χ2n) is 7.67. The summed E-state index contributed by atoms with van der Waals surface area (Å²) < 4.78 is 1.91. The van der Waals surface area contributed by atoms with Crippen LogP contribution in [0.15, 0.2) is 30.3 Å². The van der Waals surface area contributed by atoms with E-state index in [-0.39, 0.29) is 11.9 Å². The molecule has 1 aliphatic rings. The van der Waals surface area contributed by atoms with Crippen molar-refractivity contribution in [2.45, 2.75) is 64.5 Å². The number of hydrogen-bond acceptors (Lipinski definition) is 3. The summed E-state index contributed by atoms with van der Waals surface area (Å²) in [5, 5.41) is 7.65. The molecule has 0 radical (unpaired) electrons. The van der Waals surface area contributed by atoms with Crippen LogP contribution in [0.1, 0.15) is 55.2 Å². The Labute approximate surface area is 159 Å². The van der Waals surface area contributed by atoms with Crippen molar-refractivity contribution in [3.8, 4) is 0 Å². The van der Waals surface area contributed by atoms with Crippen LogP contribution in [0, 0.1) is 13.8 Å². The van der Waals surface area contributed by atoms with E-state index in [0.717, 1.165) is 53.9 Å². The molecular weight excluding hydrogens is 338 g/mol. The van der Waals surface area contributed by atoms with Crippen LogP contribution in [0.25, 0.3) is 11.0 Å². The molecule has 142 valence electrons. The lowest BCUT2D eigenvalue weighted by molar-refractivity contribution is -0.122. The van der Waals surface area contributed by atoms with Crippen molar-refractivity contribution in [1.29, 1.82) is 0 Å². The first-order valence-electron chi connectivity index (χ1n) is 9.83. The Hall–Kier alpha value is -2.63. The molecule has 4 rings (SSSR count). The standard InChI is InChI=1S/C21H27N5O/c1-14-12-15(2)26(25-14)11-10-20(27)22-17-7-5-6-16(13-17)21-23-18-8-3-4-9-19(18)24-21/h3-4,8-9,12,16-17H,5-7,10-11,13H2,1-2H3,(H,22,27)(H,23,24). The van der Waals surface area contributed by atoms with Gasteiger partial charge in [0.05, 0.1) is 16.7 Å². The minimum atomic E-state index is 0.109. The van der Waals surface area contributed by atoms with Gasteiger partial charge in [-0.25, -0.2) is 4.98 Å². The lowest BCUT2D eigenvalue weighted by Crippen LogP contribution is -2.38. The zero-order valence-electron chi connectivity index (χ0n) is 16.0. The normalized spacial score (nSPS) is 20.1. The van der Waals surface area contributed by atoms with Gasteiger partial charge in [0.2, 0.25) is 5.91 Å². The van der Waals surface area contributed by atoms with Crippen LogP contribution in [0.3, 0.4) is 0 Å². The molecule has 27 heavy (non-hydrogen) atoms. The fraction of sp³-hybridized carbons (Fsp3) is 0.476. The Balaban J connectivity index is 1.34. The van der Waals surface area contributed by atoms with Crippen LogP contribution in [-0.4, -0.2) is 31.7 Å². The number of para-hydroxylation sites is 2. The lowest BCUT2D eigenvalue weighted by Gasteiger charge is -2.28. The molecule has 0 aliphatic heterocycles. The van der Waals surface area contributed by atoms with E-state index in [0.29, 0.717) is 18.9 Å². The Kier molecular flexibility index (Phi) is 4.97. The molecule has 1 fully saturated rings. The van der Waals surface area contributed by atoms with Gasteiger partial charge in [0.1, 0.15) is 5.82 Å². The number of imidazole rings is 1. The van der Waals surface area contributed by atoms with E-state index in [2.05, 4.69) is 21.5 Å². The molecule has 2 N–H and O–H groups in total. The third kappa shape index (κ3) is 4.04. The van der Waals surface area contributed by atoms with Gasteiger partial charge in [-0.05, 0) is 51.3 Å². The van der Waals surface area contributed by atoms with Crippen molar-refractivity contribution >= 4 is 16.9 Å². The van der Waals surface area contributed by atoms with E-state index in [9.17, 15) is 4.79 Å². The van der Waals surface area contributed by atoms with Gasteiger partial charge < -0.3 is 10.3 Å². The van der Waals surface area contributed by atoms with Crippen LogP contribution in [0.2, 0.25) is 0 Å². The Morgan fingerprint density at radius 3 is 2.93 bits per heavy atom. The predicted molar refractivity (Wildman–Crippen MR) is 106 cm³/mol. The first-order valence-corrected chi connectivity index (χ1v) is 9.83. The number of carbonyl (C=O) groups excluding carboxylic acids is 1. The first-order chi connectivity index (χ1) is 13.1. The monoisotopic (exact) mass is 365 g/mol. The van der Waals surface area contributed by atoms with Crippen molar-refractivity contribution in [2.24, 2.45) is 0 Å². The molecule has 0 spiro atoms. The first kappa shape index (κ1) is 17.8. The van der Waals surface area contributed by atoms with Crippen molar-refractivity contribution in [3.05, 3.63) is 47.5 Å². The number of rotatable bonds is 5. The summed E-state index contributed by atoms with van der Waals surface area (Å²) in [4.78, 5) is 20.6. The smallest absolute Gasteiger partial charge is 0.222 e. The highest BCUT2D eigenvalue weighted by atomic mass is 16.1. The van der Waals surface area contributed by atoms with E-state index in [1.807, 2.05) is 42.8 Å². The second-order valence-corrected chi connectivity index (χ2v) is 7.67.